The minimum atomic E-state index is -0.380. The fraction of sp³-hybridized carbons (Fsp3) is 0.438. The summed E-state index contributed by atoms with van der Waals surface area (Å²) in [5.41, 5.74) is 0.568. The molecule has 8 heteroatoms. The first-order chi connectivity index (χ1) is 11.7. The summed E-state index contributed by atoms with van der Waals surface area (Å²) in [5, 5.41) is 7.00. The van der Waals surface area contributed by atoms with Gasteiger partial charge in [-0.25, -0.2) is 14.6 Å². The summed E-state index contributed by atoms with van der Waals surface area (Å²) >= 11 is 0. The third kappa shape index (κ3) is 2.86. The molecule has 0 aromatic carbocycles. The van der Waals surface area contributed by atoms with Crippen LogP contribution < -0.4 is 5.32 Å². The van der Waals surface area contributed by atoms with Gasteiger partial charge in [0.2, 0.25) is 17.8 Å². The van der Waals surface area contributed by atoms with Crippen LogP contribution in [0.1, 0.15) is 25.7 Å². The molecule has 4 rings (SSSR count). The number of likely N-dealkylation sites (tertiary alicyclic amines) is 1. The van der Waals surface area contributed by atoms with E-state index in [1.807, 2.05) is 0 Å². The lowest BCUT2D eigenvalue weighted by atomic mass is 10.2. The molecule has 0 radical (unpaired) electrons. The maximum atomic E-state index is 12.5. The molecule has 2 aromatic rings. The average Bonchev–Trinajstić information content (AvgIpc) is 3.15. The Kier molecular flexibility index (Phi) is 3.72. The van der Waals surface area contributed by atoms with E-state index >= 15 is 0 Å². The molecule has 1 unspecified atom stereocenters. The molecule has 0 spiro atoms. The topological polar surface area (TPSA) is 93.0 Å². The third-order valence-corrected chi connectivity index (χ3v) is 4.37. The van der Waals surface area contributed by atoms with Crippen LogP contribution in [0.25, 0.3) is 5.95 Å². The van der Waals surface area contributed by atoms with Gasteiger partial charge in [-0.15, -0.1) is 0 Å². The molecule has 24 heavy (non-hydrogen) atoms. The quantitative estimate of drug-likeness (QED) is 0.905. The number of carbonyl (C=O) groups is 2. The van der Waals surface area contributed by atoms with E-state index in [0.29, 0.717) is 24.6 Å². The zero-order valence-electron chi connectivity index (χ0n) is 13.1. The van der Waals surface area contributed by atoms with Gasteiger partial charge in [0, 0.05) is 24.9 Å². The molecule has 1 N–H and O–H groups in total. The van der Waals surface area contributed by atoms with E-state index in [0.717, 1.165) is 19.3 Å². The minimum Gasteiger partial charge on any atom is -0.330 e. The lowest BCUT2D eigenvalue weighted by Gasteiger charge is -2.23. The van der Waals surface area contributed by atoms with Gasteiger partial charge in [0.1, 0.15) is 6.04 Å². The van der Waals surface area contributed by atoms with Crippen LogP contribution in [0.4, 0.5) is 5.69 Å². The molecule has 8 nitrogen and oxygen atoms in total. The van der Waals surface area contributed by atoms with E-state index in [2.05, 4.69) is 20.4 Å². The van der Waals surface area contributed by atoms with E-state index in [4.69, 9.17) is 0 Å². The molecule has 1 aliphatic heterocycles. The first-order valence-electron chi connectivity index (χ1n) is 8.16. The van der Waals surface area contributed by atoms with E-state index in [1.165, 1.54) is 4.68 Å². The van der Waals surface area contributed by atoms with Crippen molar-refractivity contribution in [3.8, 4) is 5.95 Å². The highest BCUT2D eigenvalue weighted by atomic mass is 16.2. The van der Waals surface area contributed by atoms with E-state index in [-0.39, 0.29) is 23.8 Å². The van der Waals surface area contributed by atoms with Crippen LogP contribution in [0.15, 0.2) is 30.9 Å². The van der Waals surface area contributed by atoms with Crippen LogP contribution in [0.2, 0.25) is 0 Å². The SMILES string of the molecule is O=C(Nc1cnn(-c2ncccn2)c1)C1CCCN1C(=O)C1CC1. The predicted molar refractivity (Wildman–Crippen MR) is 85.2 cm³/mol. The number of aromatic nitrogens is 4. The van der Waals surface area contributed by atoms with Crippen LogP contribution in [-0.4, -0.2) is 49.0 Å². The van der Waals surface area contributed by atoms with Crippen molar-refractivity contribution in [2.75, 3.05) is 11.9 Å². The molecular formula is C16H18N6O2. The molecule has 2 aliphatic rings. The molecule has 1 atom stereocenters. The Labute approximate surface area is 138 Å². The van der Waals surface area contributed by atoms with Crippen LogP contribution in [0, 0.1) is 5.92 Å². The van der Waals surface area contributed by atoms with Crippen molar-refractivity contribution < 1.29 is 9.59 Å². The Morgan fingerprint density at radius 1 is 1.17 bits per heavy atom. The second kappa shape index (κ2) is 6.03. The van der Waals surface area contributed by atoms with E-state index < -0.39 is 0 Å². The summed E-state index contributed by atoms with van der Waals surface area (Å²) in [7, 11) is 0. The maximum Gasteiger partial charge on any atom is 0.250 e. The van der Waals surface area contributed by atoms with Crippen LogP contribution in [0.3, 0.4) is 0 Å². The highest BCUT2D eigenvalue weighted by Gasteiger charge is 2.40. The van der Waals surface area contributed by atoms with Crippen molar-refractivity contribution in [3.63, 3.8) is 0 Å². The van der Waals surface area contributed by atoms with Gasteiger partial charge in [-0.3, -0.25) is 9.59 Å². The molecule has 2 amide bonds. The summed E-state index contributed by atoms with van der Waals surface area (Å²) in [4.78, 5) is 34.8. The number of hydrogen-bond acceptors (Lipinski definition) is 5. The van der Waals surface area contributed by atoms with Gasteiger partial charge in [-0.05, 0) is 31.7 Å². The van der Waals surface area contributed by atoms with Crippen LogP contribution in [0.5, 0.6) is 0 Å². The van der Waals surface area contributed by atoms with Crippen molar-refractivity contribution in [3.05, 3.63) is 30.9 Å². The lowest BCUT2D eigenvalue weighted by Crippen LogP contribution is -2.43. The normalized spacial score (nSPS) is 20.2. The van der Waals surface area contributed by atoms with Crippen molar-refractivity contribution in [1.29, 1.82) is 0 Å². The van der Waals surface area contributed by atoms with Gasteiger partial charge >= 0.3 is 0 Å². The number of rotatable bonds is 4. The molecule has 0 bridgehead atoms. The fourth-order valence-corrected chi connectivity index (χ4v) is 3.00. The molecular weight excluding hydrogens is 308 g/mol. The summed E-state index contributed by atoms with van der Waals surface area (Å²) in [5.74, 6) is 0.539. The van der Waals surface area contributed by atoms with Gasteiger partial charge in [0.25, 0.3) is 0 Å². The molecule has 1 saturated carbocycles. The second-order valence-corrected chi connectivity index (χ2v) is 6.18. The number of carbonyl (C=O) groups excluding carboxylic acids is 2. The molecule has 3 heterocycles. The average molecular weight is 326 g/mol. The summed E-state index contributed by atoms with van der Waals surface area (Å²) in [6.45, 7) is 0.671. The number of anilines is 1. The Morgan fingerprint density at radius 2 is 1.96 bits per heavy atom. The number of hydrogen-bond donors (Lipinski definition) is 1. The first kappa shape index (κ1) is 14.8. The lowest BCUT2D eigenvalue weighted by molar-refractivity contribution is -0.137. The van der Waals surface area contributed by atoms with Crippen LogP contribution >= 0.6 is 0 Å². The minimum absolute atomic E-state index is 0.126. The Morgan fingerprint density at radius 3 is 2.71 bits per heavy atom. The highest BCUT2D eigenvalue weighted by molar-refractivity contribution is 5.97. The fourth-order valence-electron chi connectivity index (χ4n) is 3.00. The Bertz CT molecular complexity index is 755. The van der Waals surface area contributed by atoms with Gasteiger partial charge < -0.3 is 10.2 Å². The summed E-state index contributed by atoms with van der Waals surface area (Å²) < 4.78 is 1.50. The maximum absolute atomic E-state index is 12.5. The van der Waals surface area contributed by atoms with Crippen molar-refractivity contribution >= 4 is 17.5 Å². The summed E-state index contributed by atoms with van der Waals surface area (Å²) in [6, 6.07) is 1.34. The summed E-state index contributed by atoms with van der Waals surface area (Å²) in [6.07, 6.45) is 9.95. The predicted octanol–water partition coefficient (Wildman–Crippen LogP) is 1.00. The third-order valence-electron chi connectivity index (χ3n) is 4.37. The van der Waals surface area contributed by atoms with Crippen molar-refractivity contribution in [2.45, 2.75) is 31.7 Å². The van der Waals surface area contributed by atoms with E-state index in [1.54, 1.807) is 35.8 Å². The van der Waals surface area contributed by atoms with Crippen LogP contribution in [-0.2, 0) is 9.59 Å². The first-order valence-corrected chi connectivity index (χ1v) is 8.16. The van der Waals surface area contributed by atoms with Gasteiger partial charge in [-0.1, -0.05) is 0 Å². The number of amides is 2. The Balaban J connectivity index is 1.44. The molecule has 1 saturated heterocycles. The largest absolute Gasteiger partial charge is 0.330 e. The molecule has 2 aromatic heterocycles. The molecule has 1 aliphatic carbocycles. The molecule has 2 fully saturated rings. The molecule has 124 valence electrons. The van der Waals surface area contributed by atoms with Gasteiger partial charge in [0.05, 0.1) is 18.1 Å². The second-order valence-electron chi connectivity index (χ2n) is 6.18. The number of nitrogens with zero attached hydrogens (tertiary/aromatic N) is 5. The van der Waals surface area contributed by atoms with Crippen molar-refractivity contribution in [1.82, 2.24) is 24.6 Å². The highest BCUT2D eigenvalue weighted by Crippen LogP contribution is 2.33. The number of nitrogens with one attached hydrogen (secondary N) is 1. The van der Waals surface area contributed by atoms with Crippen molar-refractivity contribution in [2.24, 2.45) is 5.92 Å². The van der Waals surface area contributed by atoms with E-state index in [9.17, 15) is 9.59 Å². The van der Waals surface area contributed by atoms with Gasteiger partial charge in [-0.2, -0.15) is 5.10 Å². The Hall–Kier alpha value is -2.77. The van der Waals surface area contributed by atoms with Gasteiger partial charge in [0.15, 0.2) is 0 Å². The monoisotopic (exact) mass is 326 g/mol. The standard InChI is InChI=1S/C16H18N6O2/c23-14(13-3-1-8-21(13)15(24)11-4-5-11)20-12-9-19-22(10-12)16-17-6-2-7-18-16/h2,6-7,9-11,13H,1,3-5,8H2,(H,20,23). The smallest absolute Gasteiger partial charge is 0.250 e. The zero-order chi connectivity index (χ0) is 16.5. The zero-order valence-corrected chi connectivity index (χ0v) is 13.1.